The van der Waals surface area contributed by atoms with Crippen LogP contribution in [-0.2, 0) is 33.7 Å². The minimum absolute atomic E-state index is 0.0659. The maximum atomic E-state index is 12.8. The van der Waals surface area contributed by atoms with E-state index in [0.717, 1.165) is 29.7 Å². The number of carbonyl (C=O) groups is 2. The van der Waals surface area contributed by atoms with Crippen LogP contribution in [0.3, 0.4) is 0 Å². The zero-order valence-corrected chi connectivity index (χ0v) is 16.0. The van der Waals surface area contributed by atoms with Gasteiger partial charge in [0.05, 0.1) is 18.8 Å². The largest absolute Gasteiger partial charge is 0.467 e. The van der Waals surface area contributed by atoms with Crippen LogP contribution in [0, 0.1) is 5.92 Å². The highest BCUT2D eigenvalue weighted by Gasteiger charge is 2.27. The Morgan fingerprint density at radius 3 is 2.88 bits per heavy atom. The molecule has 1 aliphatic rings. The van der Waals surface area contributed by atoms with Crippen LogP contribution in [0.2, 0.25) is 0 Å². The van der Waals surface area contributed by atoms with Gasteiger partial charge in [0.25, 0.3) is 5.56 Å². The lowest BCUT2D eigenvalue weighted by molar-refractivity contribution is -0.146. The Morgan fingerprint density at radius 2 is 2.19 bits per heavy atom. The number of carbonyl (C=O) groups excluding carboxylic acids is 2. The second-order valence-corrected chi connectivity index (χ2v) is 7.75. The van der Waals surface area contributed by atoms with Crippen LogP contribution in [0.25, 0.3) is 10.2 Å². The number of aromatic nitrogens is 2. The van der Waals surface area contributed by atoms with E-state index < -0.39 is 17.9 Å². The first-order chi connectivity index (χ1) is 12.5. The number of aryl methyl sites for hydroxylation is 2. The Morgan fingerprint density at radius 1 is 1.42 bits per heavy atom. The minimum Gasteiger partial charge on any atom is -0.467 e. The number of fused-ring (bicyclic) bond motifs is 3. The summed E-state index contributed by atoms with van der Waals surface area (Å²) in [5.41, 5.74) is 0.895. The topological polar surface area (TPSA) is 90.3 Å². The molecule has 0 fully saturated rings. The molecule has 0 aliphatic heterocycles. The molecule has 0 saturated carbocycles. The van der Waals surface area contributed by atoms with E-state index in [1.165, 1.54) is 22.9 Å². The molecule has 0 aromatic carbocycles. The molecule has 2 aromatic heterocycles. The van der Waals surface area contributed by atoms with Crippen molar-refractivity contribution in [2.45, 2.75) is 52.1 Å². The summed E-state index contributed by atoms with van der Waals surface area (Å²) in [6, 6.07) is -0.727. The molecule has 7 nitrogen and oxygen atoms in total. The van der Waals surface area contributed by atoms with E-state index in [2.05, 4.69) is 10.3 Å². The van der Waals surface area contributed by atoms with Gasteiger partial charge in [0.15, 0.2) is 0 Å². The number of rotatable bonds is 6. The second-order valence-electron chi connectivity index (χ2n) is 6.67. The molecule has 0 saturated heterocycles. The average Bonchev–Trinajstić information content (AvgIpc) is 3.21. The highest BCUT2D eigenvalue weighted by Crippen LogP contribution is 2.34. The van der Waals surface area contributed by atoms with Gasteiger partial charge in [-0.2, -0.15) is 0 Å². The molecule has 1 aliphatic carbocycles. The summed E-state index contributed by atoms with van der Waals surface area (Å²) in [7, 11) is 1.30. The first-order valence-corrected chi connectivity index (χ1v) is 9.64. The van der Waals surface area contributed by atoms with Crippen LogP contribution in [0.1, 0.15) is 37.1 Å². The van der Waals surface area contributed by atoms with Gasteiger partial charge in [0, 0.05) is 4.88 Å². The Hall–Kier alpha value is -2.22. The van der Waals surface area contributed by atoms with Crippen molar-refractivity contribution in [2.75, 3.05) is 7.11 Å². The molecule has 2 heterocycles. The molecule has 0 radical (unpaired) electrons. The van der Waals surface area contributed by atoms with E-state index >= 15 is 0 Å². The predicted molar refractivity (Wildman–Crippen MR) is 99.3 cm³/mol. The first kappa shape index (κ1) is 18.6. The average molecular weight is 377 g/mol. The number of hydrogen-bond acceptors (Lipinski definition) is 6. The number of nitrogens with one attached hydrogen (secondary N) is 1. The summed E-state index contributed by atoms with van der Waals surface area (Å²) in [5.74, 6) is -0.955. The molecule has 2 atom stereocenters. The number of amides is 1. The van der Waals surface area contributed by atoms with Gasteiger partial charge >= 0.3 is 5.97 Å². The predicted octanol–water partition coefficient (Wildman–Crippen LogP) is 1.65. The molecular formula is C18H23N3O4S. The molecule has 0 bridgehead atoms. The zero-order valence-electron chi connectivity index (χ0n) is 15.2. The van der Waals surface area contributed by atoms with Gasteiger partial charge in [-0.05, 0) is 30.7 Å². The highest BCUT2D eigenvalue weighted by molar-refractivity contribution is 7.18. The zero-order chi connectivity index (χ0) is 18.8. The lowest BCUT2D eigenvalue weighted by Crippen LogP contribution is -2.47. The number of nitrogens with zero attached hydrogens (tertiary/aromatic N) is 2. The van der Waals surface area contributed by atoms with E-state index in [0.29, 0.717) is 11.8 Å². The van der Waals surface area contributed by atoms with Crippen molar-refractivity contribution < 1.29 is 14.3 Å². The van der Waals surface area contributed by atoms with Gasteiger partial charge in [0.1, 0.15) is 17.4 Å². The van der Waals surface area contributed by atoms with Crippen molar-refractivity contribution in [1.29, 1.82) is 0 Å². The summed E-state index contributed by atoms with van der Waals surface area (Å²) in [6.07, 6.45) is 5.06. The third-order valence-corrected chi connectivity index (χ3v) is 6.19. The van der Waals surface area contributed by atoms with E-state index in [9.17, 15) is 14.4 Å². The fourth-order valence-corrected chi connectivity index (χ4v) is 4.52. The van der Waals surface area contributed by atoms with Crippen LogP contribution >= 0.6 is 11.3 Å². The first-order valence-electron chi connectivity index (χ1n) is 8.83. The molecule has 0 spiro atoms. The minimum atomic E-state index is -0.727. The smallest absolute Gasteiger partial charge is 0.328 e. The maximum Gasteiger partial charge on any atom is 0.328 e. The molecule has 1 amide bonds. The van der Waals surface area contributed by atoms with Crippen molar-refractivity contribution in [3.05, 3.63) is 27.1 Å². The van der Waals surface area contributed by atoms with Crippen molar-refractivity contribution in [2.24, 2.45) is 5.92 Å². The monoisotopic (exact) mass is 377 g/mol. The second kappa shape index (κ2) is 7.57. The van der Waals surface area contributed by atoms with Crippen molar-refractivity contribution >= 4 is 33.4 Å². The molecule has 1 N–H and O–H groups in total. The maximum absolute atomic E-state index is 12.8. The number of ether oxygens (including phenoxy) is 1. The lowest BCUT2D eigenvalue weighted by Gasteiger charge is -2.22. The van der Waals surface area contributed by atoms with Gasteiger partial charge < -0.3 is 10.1 Å². The quantitative estimate of drug-likeness (QED) is 0.773. The molecular weight excluding hydrogens is 354 g/mol. The van der Waals surface area contributed by atoms with Crippen molar-refractivity contribution in [3.63, 3.8) is 0 Å². The van der Waals surface area contributed by atoms with Crippen LogP contribution in [0.5, 0.6) is 0 Å². The fraction of sp³-hybridized carbons (Fsp3) is 0.556. The third kappa shape index (κ3) is 3.38. The lowest BCUT2D eigenvalue weighted by atomic mass is 9.99. The third-order valence-electron chi connectivity index (χ3n) is 4.99. The summed E-state index contributed by atoms with van der Waals surface area (Å²) >= 11 is 1.57. The molecule has 3 rings (SSSR count). The number of hydrogen-bond donors (Lipinski definition) is 1. The SMILES string of the molecule is CC[C@H](C)[C@H](NC(=O)Cn1cnc2sc3c(c2c1=O)CCC3)C(=O)OC. The van der Waals surface area contributed by atoms with E-state index in [1.807, 2.05) is 13.8 Å². The summed E-state index contributed by atoms with van der Waals surface area (Å²) in [6.45, 7) is 3.64. The molecule has 26 heavy (non-hydrogen) atoms. The Bertz CT molecular complexity index is 902. The van der Waals surface area contributed by atoms with E-state index in [1.54, 1.807) is 11.3 Å². The van der Waals surface area contributed by atoms with Crippen LogP contribution in [0.15, 0.2) is 11.1 Å². The summed E-state index contributed by atoms with van der Waals surface area (Å²) < 4.78 is 6.09. The standard InChI is InChI=1S/C18H23N3O4S/c1-4-10(2)15(18(24)25-3)20-13(22)8-21-9-19-16-14(17(21)23)11-6-5-7-12(11)26-16/h9-10,15H,4-8H2,1-3H3,(H,20,22)/t10-,15-/m0/s1. The highest BCUT2D eigenvalue weighted by atomic mass is 32.1. The normalized spacial score (nSPS) is 15.5. The summed E-state index contributed by atoms with van der Waals surface area (Å²) in [5, 5.41) is 3.33. The van der Waals surface area contributed by atoms with Gasteiger partial charge in [-0.3, -0.25) is 14.2 Å². The number of esters is 1. The molecule has 2 aromatic rings. The van der Waals surface area contributed by atoms with Gasteiger partial charge in [0.2, 0.25) is 5.91 Å². The van der Waals surface area contributed by atoms with E-state index in [-0.39, 0.29) is 18.0 Å². The van der Waals surface area contributed by atoms with Gasteiger partial charge in [-0.1, -0.05) is 20.3 Å². The van der Waals surface area contributed by atoms with Crippen LogP contribution in [-0.4, -0.2) is 34.6 Å². The van der Waals surface area contributed by atoms with E-state index in [4.69, 9.17) is 4.74 Å². The Balaban J connectivity index is 1.82. The molecule has 8 heteroatoms. The number of thiophene rings is 1. The van der Waals surface area contributed by atoms with Crippen LogP contribution in [0.4, 0.5) is 0 Å². The molecule has 140 valence electrons. The van der Waals surface area contributed by atoms with Crippen molar-refractivity contribution in [1.82, 2.24) is 14.9 Å². The van der Waals surface area contributed by atoms with Crippen LogP contribution < -0.4 is 10.9 Å². The van der Waals surface area contributed by atoms with Crippen molar-refractivity contribution in [3.8, 4) is 0 Å². The van der Waals surface area contributed by atoms with Gasteiger partial charge in [-0.25, -0.2) is 9.78 Å². The molecule has 0 unspecified atom stereocenters. The Kier molecular flexibility index (Phi) is 5.41. The fourth-order valence-electron chi connectivity index (χ4n) is 3.30. The number of methoxy groups -OCH3 is 1. The Labute approximate surface area is 155 Å². The van der Waals surface area contributed by atoms with Gasteiger partial charge in [-0.15, -0.1) is 11.3 Å². The summed E-state index contributed by atoms with van der Waals surface area (Å²) in [4.78, 5) is 43.5.